The lowest BCUT2D eigenvalue weighted by atomic mass is 10.2. The highest BCUT2D eigenvalue weighted by Crippen LogP contribution is 2.20. The van der Waals surface area contributed by atoms with Gasteiger partial charge in [-0.1, -0.05) is 12.1 Å². The Morgan fingerprint density at radius 1 is 1.23 bits per heavy atom. The first-order chi connectivity index (χ1) is 10.4. The Labute approximate surface area is 129 Å². The first-order valence-corrected chi connectivity index (χ1v) is 8.63. The summed E-state index contributed by atoms with van der Waals surface area (Å²) in [6, 6.07) is 9.77. The summed E-state index contributed by atoms with van der Waals surface area (Å²) in [5.74, 6) is 0.402. The molecule has 0 spiro atoms. The van der Waals surface area contributed by atoms with E-state index >= 15 is 0 Å². The third-order valence-electron chi connectivity index (χ3n) is 3.10. The van der Waals surface area contributed by atoms with Gasteiger partial charge in [0.05, 0.1) is 29.4 Å². The van der Waals surface area contributed by atoms with Crippen molar-refractivity contribution in [1.82, 2.24) is 5.32 Å². The molecule has 118 valence electrons. The highest BCUT2D eigenvalue weighted by atomic mass is 32.2. The van der Waals surface area contributed by atoms with Gasteiger partial charge in [0.15, 0.2) is 9.84 Å². The number of furan rings is 1. The molecule has 0 saturated heterocycles. The van der Waals surface area contributed by atoms with Crippen LogP contribution >= 0.6 is 0 Å². The van der Waals surface area contributed by atoms with Gasteiger partial charge < -0.3 is 9.73 Å². The number of carbonyl (C=O) groups is 1. The summed E-state index contributed by atoms with van der Waals surface area (Å²) >= 11 is 0. The van der Waals surface area contributed by atoms with Crippen molar-refractivity contribution in [1.29, 1.82) is 0 Å². The molecular weight excluding hydrogens is 304 g/mol. The monoisotopic (exact) mass is 322 g/mol. The fourth-order valence-corrected chi connectivity index (χ4v) is 2.82. The zero-order valence-corrected chi connectivity index (χ0v) is 13.2. The van der Waals surface area contributed by atoms with Gasteiger partial charge in [-0.25, -0.2) is 8.42 Å². The molecule has 6 nitrogen and oxygen atoms in total. The zero-order valence-electron chi connectivity index (χ0n) is 12.4. The Bertz CT molecular complexity index is 739. The highest BCUT2D eigenvalue weighted by molar-refractivity contribution is 7.90. The molecule has 2 aromatic rings. The molecule has 0 aliphatic carbocycles. The van der Waals surface area contributed by atoms with E-state index in [9.17, 15) is 13.2 Å². The summed E-state index contributed by atoms with van der Waals surface area (Å²) in [6.07, 6.45) is 2.67. The van der Waals surface area contributed by atoms with Gasteiger partial charge in [-0.05, 0) is 31.2 Å². The lowest BCUT2D eigenvalue weighted by molar-refractivity contribution is -0.115. The molecule has 0 unspecified atom stereocenters. The van der Waals surface area contributed by atoms with Gasteiger partial charge >= 0.3 is 0 Å². The van der Waals surface area contributed by atoms with Gasteiger partial charge in [-0.3, -0.25) is 10.1 Å². The molecule has 1 atom stereocenters. The predicted octanol–water partition coefficient (Wildman–Crippen LogP) is 1.97. The Balaban J connectivity index is 1.98. The van der Waals surface area contributed by atoms with Crippen LogP contribution in [0.15, 0.2) is 52.0 Å². The molecule has 22 heavy (non-hydrogen) atoms. The molecule has 0 radical (unpaired) electrons. The number of hydrogen-bond donors (Lipinski definition) is 2. The smallest absolute Gasteiger partial charge is 0.238 e. The fraction of sp³-hybridized carbons (Fsp3) is 0.267. The molecule has 7 heteroatoms. The SMILES string of the molecule is C[C@@H](NCC(=O)Nc1ccccc1S(C)(=O)=O)c1ccco1. The first kappa shape index (κ1) is 16.3. The molecule has 1 aromatic heterocycles. The number of anilines is 1. The van der Waals surface area contributed by atoms with Crippen LogP contribution in [-0.4, -0.2) is 27.1 Å². The normalized spacial score (nSPS) is 12.8. The lowest BCUT2D eigenvalue weighted by Crippen LogP contribution is -2.30. The Morgan fingerprint density at radius 3 is 2.59 bits per heavy atom. The van der Waals surface area contributed by atoms with Crippen LogP contribution in [0, 0.1) is 0 Å². The Kier molecular flexibility index (Phi) is 4.99. The molecule has 2 N–H and O–H groups in total. The summed E-state index contributed by atoms with van der Waals surface area (Å²) in [7, 11) is -3.40. The van der Waals surface area contributed by atoms with Crippen molar-refractivity contribution in [3.63, 3.8) is 0 Å². The quantitative estimate of drug-likeness (QED) is 0.849. The van der Waals surface area contributed by atoms with Gasteiger partial charge in [0.25, 0.3) is 0 Å². The van der Waals surface area contributed by atoms with Crippen molar-refractivity contribution in [3.8, 4) is 0 Å². The van der Waals surface area contributed by atoms with Crippen LogP contribution in [0.1, 0.15) is 18.7 Å². The zero-order chi connectivity index (χ0) is 16.2. The second-order valence-corrected chi connectivity index (χ2v) is 6.92. The maximum atomic E-state index is 12.0. The van der Waals surface area contributed by atoms with E-state index in [0.717, 1.165) is 12.0 Å². The summed E-state index contributed by atoms with van der Waals surface area (Å²) < 4.78 is 28.6. The van der Waals surface area contributed by atoms with Crippen molar-refractivity contribution < 1.29 is 17.6 Å². The van der Waals surface area contributed by atoms with E-state index in [1.165, 1.54) is 6.07 Å². The van der Waals surface area contributed by atoms with Gasteiger partial charge in [-0.15, -0.1) is 0 Å². The Hall–Kier alpha value is -2.12. The molecule has 1 heterocycles. The van der Waals surface area contributed by atoms with E-state index in [1.54, 1.807) is 30.5 Å². The van der Waals surface area contributed by atoms with E-state index in [4.69, 9.17) is 4.42 Å². The third kappa shape index (κ3) is 4.19. The van der Waals surface area contributed by atoms with Crippen molar-refractivity contribution in [3.05, 3.63) is 48.4 Å². The van der Waals surface area contributed by atoms with E-state index in [2.05, 4.69) is 10.6 Å². The van der Waals surface area contributed by atoms with Gasteiger partial charge in [0.2, 0.25) is 5.91 Å². The number of para-hydroxylation sites is 1. The van der Waals surface area contributed by atoms with E-state index < -0.39 is 9.84 Å². The molecule has 1 aromatic carbocycles. The number of carbonyl (C=O) groups excluding carboxylic acids is 1. The van der Waals surface area contributed by atoms with Crippen molar-refractivity contribution in [2.75, 3.05) is 18.1 Å². The summed E-state index contributed by atoms with van der Waals surface area (Å²) in [6.45, 7) is 1.91. The third-order valence-corrected chi connectivity index (χ3v) is 4.25. The molecule has 0 saturated carbocycles. The van der Waals surface area contributed by atoms with Gasteiger partial charge in [-0.2, -0.15) is 0 Å². The minimum Gasteiger partial charge on any atom is -0.468 e. The second-order valence-electron chi connectivity index (χ2n) is 4.93. The maximum absolute atomic E-state index is 12.0. The van der Waals surface area contributed by atoms with Crippen molar-refractivity contribution in [2.24, 2.45) is 0 Å². The molecule has 0 aliphatic heterocycles. The van der Waals surface area contributed by atoms with E-state index in [0.29, 0.717) is 0 Å². The van der Waals surface area contributed by atoms with Crippen molar-refractivity contribution in [2.45, 2.75) is 17.9 Å². The van der Waals surface area contributed by atoms with Gasteiger partial charge in [0.1, 0.15) is 5.76 Å². The number of amides is 1. The summed E-state index contributed by atoms with van der Waals surface area (Å²) in [4.78, 5) is 12.1. The minimum absolute atomic E-state index is 0.0416. The first-order valence-electron chi connectivity index (χ1n) is 6.73. The van der Waals surface area contributed by atoms with Crippen LogP contribution in [0.3, 0.4) is 0 Å². The molecule has 0 bridgehead atoms. The minimum atomic E-state index is -3.40. The lowest BCUT2D eigenvalue weighted by Gasteiger charge is -2.13. The topological polar surface area (TPSA) is 88.4 Å². The predicted molar refractivity (Wildman–Crippen MR) is 83.3 cm³/mol. The fourth-order valence-electron chi connectivity index (χ4n) is 1.97. The molecule has 0 fully saturated rings. The Morgan fingerprint density at radius 2 is 1.95 bits per heavy atom. The van der Waals surface area contributed by atoms with Crippen LogP contribution in [0.2, 0.25) is 0 Å². The molecular formula is C15H18N2O4S. The van der Waals surface area contributed by atoms with Crippen LogP contribution in [0.5, 0.6) is 0 Å². The molecule has 2 rings (SSSR count). The van der Waals surface area contributed by atoms with Crippen LogP contribution < -0.4 is 10.6 Å². The summed E-state index contributed by atoms with van der Waals surface area (Å²) in [5, 5.41) is 5.61. The molecule has 0 aliphatic rings. The van der Waals surface area contributed by atoms with Crippen molar-refractivity contribution >= 4 is 21.4 Å². The van der Waals surface area contributed by atoms with E-state index in [-0.39, 0.29) is 29.1 Å². The average Bonchev–Trinajstić information content (AvgIpc) is 2.98. The van der Waals surface area contributed by atoms with Crippen LogP contribution in [0.25, 0.3) is 0 Å². The number of nitrogens with one attached hydrogen (secondary N) is 2. The number of rotatable bonds is 6. The second kappa shape index (κ2) is 6.76. The number of hydrogen-bond acceptors (Lipinski definition) is 5. The number of benzene rings is 1. The van der Waals surface area contributed by atoms with E-state index in [1.807, 2.05) is 13.0 Å². The summed E-state index contributed by atoms with van der Waals surface area (Å²) in [5.41, 5.74) is 0.280. The van der Waals surface area contributed by atoms with Gasteiger partial charge in [0, 0.05) is 6.26 Å². The standard InChI is InChI=1S/C15H18N2O4S/c1-11(13-7-5-9-21-13)16-10-15(18)17-12-6-3-4-8-14(12)22(2,19)20/h3-9,11,16H,10H2,1-2H3,(H,17,18)/t11-/m1/s1. The largest absolute Gasteiger partial charge is 0.468 e. The number of sulfone groups is 1. The highest BCUT2D eigenvalue weighted by Gasteiger charge is 2.15. The van der Waals surface area contributed by atoms with Crippen LogP contribution in [0.4, 0.5) is 5.69 Å². The molecule has 1 amide bonds. The van der Waals surface area contributed by atoms with Crippen LogP contribution in [-0.2, 0) is 14.6 Å². The average molecular weight is 322 g/mol. The maximum Gasteiger partial charge on any atom is 0.238 e.